The second kappa shape index (κ2) is 8.42. The van der Waals surface area contributed by atoms with Crippen molar-refractivity contribution in [3.63, 3.8) is 0 Å². The molecule has 0 saturated carbocycles. The molecular weight excluding hydrogens is 354 g/mol. The number of nitrogens with one attached hydrogen (secondary N) is 1. The highest BCUT2D eigenvalue weighted by Gasteiger charge is 2.22. The van der Waals surface area contributed by atoms with Gasteiger partial charge in [0.15, 0.2) is 0 Å². The monoisotopic (exact) mass is 370 g/mol. The first kappa shape index (κ1) is 17.2. The Morgan fingerprint density at radius 3 is 2.63 bits per heavy atom. The number of nitrogens with zero attached hydrogens (tertiary/aromatic N) is 1. The van der Waals surface area contributed by atoms with Crippen molar-refractivity contribution in [3.8, 4) is 0 Å². The predicted molar refractivity (Wildman–Crippen MR) is 84.2 cm³/mol. The number of halogens is 4. The number of piperazine rings is 1. The fourth-order valence-corrected chi connectivity index (χ4v) is 2.89. The molecule has 1 aromatic rings. The highest BCUT2D eigenvalue weighted by molar-refractivity contribution is 9.10. The van der Waals surface area contributed by atoms with Gasteiger partial charge in [-0.2, -0.15) is 0 Å². The number of benzene rings is 1. The molecule has 6 heteroatoms. The molecule has 0 radical (unpaired) electrons. The summed E-state index contributed by atoms with van der Waals surface area (Å²) in [7, 11) is 0. The lowest BCUT2D eigenvalue weighted by Crippen LogP contribution is -2.45. The number of rotatable bonds is 4. The van der Waals surface area contributed by atoms with Crippen LogP contribution in [0.1, 0.15) is 18.0 Å². The normalized spacial score (nSPS) is 17.8. The summed E-state index contributed by atoms with van der Waals surface area (Å²) in [4.78, 5) is 2.34. The van der Waals surface area contributed by atoms with Crippen molar-refractivity contribution in [2.24, 2.45) is 0 Å². The molecule has 0 unspecified atom stereocenters. The molecule has 19 heavy (non-hydrogen) atoms. The van der Waals surface area contributed by atoms with Gasteiger partial charge in [-0.1, -0.05) is 17.7 Å². The van der Waals surface area contributed by atoms with Crippen LogP contribution in [0.5, 0.6) is 0 Å². The fraction of sp³-hybridized carbons (Fsp3) is 0.538. The summed E-state index contributed by atoms with van der Waals surface area (Å²) >= 11 is 9.44. The van der Waals surface area contributed by atoms with Crippen LogP contribution in [0.4, 0.5) is 4.39 Å². The second-order valence-corrected chi connectivity index (χ2v) is 5.71. The van der Waals surface area contributed by atoms with Crippen molar-refractivity contribution in [1.82, 2.24) is 10.2 Å². The van der Waals surface area contributed by atoms with E-state index in [1.54, 1.807) is 0 Å². The summed E-state index contributed by atoms with van der Waals surface area (Å²) in [6.45, 7) is 3.57. The van der Waals surface area contributed by atoms with E-state index < -0.39 is 0 Å². The molecule has 1 aromatic carbocycles. The maximum absolute atomic E-state index is 12.8. The Bertz CT molecular complexity index is 400. The molecule has 2 rings (SSSR count). The van der Waals surface area contributed by atoms with Gasteiger partial charge in [0.25, 0.3) is 0 Å². The Labute approximate surface area is 133 Å². The summed E-state index contributed by atoms with van der Waals surface area (Å²) in [5.41, 5.74) is 1.13. The zero-order valence-electron chi connectivity index (χ0n) is 10.5. The lowest BCUT2D eigenvalue weighted by atomic mass is 10.0. The molecule has 0 bridgehead atoms. The van der Waals surface area contributed by atoms with Crippen LogP contribution in [0.3, 0.4) is 0 Å². The van der Waals surface area contributed by atoms with Crippen LogP contribution in [0.2, 0.25) is 5.02 Å². The van der Waals surface area contributed by atoms with Crippen LogP contribution < -0.4 is 5.32 Å². The molecule has 0 spiro atoms. The zero-order chi connectivity index (χ0) is 13.0. The average molecular weight is 372 g/mol. The van der Waals surface area contributed by atoms with E-state index in [2.05, 4.69) is 26.1 Å². The molecule has 1 N–H and O–H groups in total. The topological polar surface area (TPSA) is 15.3 Å². The first-order valence-corrected chi connectivity index (χ1v) is 7.35. The van der Waals surface area contributed by atoms with Crippen LogP contribution in [-0.2, 0) is 0 Å². The van der Waals surface area contributed by atoms with E-state index in [1.165, 1.54) is 0 Å². The van der Waals surface area contributed by atoms with Gasteiger partial charge in [0.05, 0.1) is 11.7 Å². The summed E-state index contributed by atoms with van der Waals surface area (Å²) in [5.74, 6) is 0. The van der Waals surface area contributed by atoms with E-state index in [-0.39, 0.29) is 25.1 Å². The fourth-order valence-electron chi connectivity index (χ4n) is 2.38. The van der Waals surface area contributed by atoms with Gasteiger partial charge < -0.3 is 5.32 Å². The largest absolute Gasteiger partial charge is 0.314 e. The predicted octanol–water partition coefficient (Wildman–Crippen LogP) is 3.83. The van der Waals surface area contributed by atoms with Gasteiger partial charge in [0.2, 0.25) is 0 Å². The highest BCUT2D eigenvalue weighted by atomic mass is 79.9. The maximum Gasteiger partial charge on any atom is 0.0912 e. The van der Waals surface area contributed by atoms with Gasteiger partial charge in [-0.3, -0.25) is 9.29 Å². The quantitative estimate of drug-likeness (QED) is 0.865. The smallest absolute Gasteiger partial charge is 0.0912 e. The molecule has 1 fully saturated rings. The molecule has 1 aliphatic heterocycles. The first-order chi connectivity index (χ1) is 8.72. The molecule has 0 aromatic heterocycles. The molecule has 1 atom stereocenters. The summed E-state index contributed by atoms with van der Waals surface area (Å²) < 4.78 is 13.7. The van der Waals surface area contributed by atoms with Crippen LogP contribution >= 0.6 is 39.9 Å². The molecule has 0 amide bonds. The lowest BCUT2D eigenvalue weighted by molar-refractivity contribution is 0.157. The zero-order valence-corrected chi connectivity index (χ0v) is 13.7. The molecule has 108 valence electrons. The van der Waals surface area contributed by atoms with Gasteiger partial charge in [-0.15, -0.1) is 12.4 Å². The molecule has 1 heterocycles. The SMILES string of the molecule is Cl.FCC[C@@H](c1ccc(Cl)c(Br)c1)N1CCNCC1. The summed E-state index contributed by atoms with van der Waals surface area (Å²) in [5, 5.41) is 4.01. The molecule has 1 aliphatic rings. The molecule has 1 saturated heterocycles. The van der Waals surface area contributed by atoms with E-state index in [9.17, 15) is 4.39 Å². The van der Waals surface area contributed by atoms with E-state index in [1.807, 2.05) is 18.2 Å². The third-order valence-electron chi connectivity index (χ3n) is 3.30. The Morgan fingerprint density at radius 2 is 2.05 bits per heavy atom. The Balaban J connectivity index is 0.00000180. The third kappa shape index (κ3) is 4.57. The standard InChI is InChI=1S/C13H17BrClFN2.ClH/c14-11-9-10(1-2-12(11)15)13(3-4-16)18-7-5-17-6-8-18;/h1-2,9,13,17H,3-8H2;1H/t13-;/m0./s1. The number of hydrogen-bond donors (Lipinski definition) is 1. The van der Waals surface area contributed by atoms with Gasteiger partial charge in [-0.25, -0.2) is 0 Å². The van der Waals surface area contributed by atoms with Crippen LogP contribution in [-0.4, -0.2) is 37.8 Å². The summed E-state index contributed by atoms with van der Waals surface area (Å²) in [6, 6.07) is 6.01. The van der Waals surface area contributed by atoms with Crippen molar-refractivity contribution >= 4 is 39.9 Å². The third-order valence-corrected chi connectivity index (χ3v) is 4.52. The lowest BCUT2D eigenvalue weighted by Gasteiger charge is -2.35. The summed E-state index contributed by atoms with van der Waals surface area (Å²) in [6.07, 6.45) is 0.536. The molecule has 2 nitrogen and oxygen atoms in total. The minimum atomic E-state index is -0.297. The van der Waals surface area contributed by atoms with E-state index in [0.717, 1.165) is 36.2 Å². The Hall–Kier alpha value is 0.130. The Morgan fingerprint density at radius 1 is 1.37 bits per heavy atom. The second-order valence-electron chi connectivity index (χ2n) is 4.45. The van der Waals surface area contributed by atoms with Crippen molar-refractivity contribution < 1.29 is 4.39 Å². The number of hydrogen-bond acceptors (Lipinski definition) is 2. The van der Waals surface area contributed by atoms with Crippen molar-refractivity contribution in [3.05, 3.63) is 33.3 Å². The van der Waals surface area contributed by atoms with Gasteiger partial charge in [0, 0.05) is 36.7 Å². The first-order valence-electron chi connectivity index (χ1n) is 6.18. The van der Waals surface area contributed by atoms with E-state index in [0.29, 0.717) is 11.4 Å². The minimum absolute atomic E-state index is 0. The van der Waals surface area contributed by atoms with Crippen LogP contribution in [0.15, 0.2) is 22.7 Å². The van der Waals surface area contributed by atoms with Crippen molar-refractivity contribution in [1.29, 1.82) is 0 Å². The van der Waals surface area contributed by atoms with E-state index in [4.69, 9.17) is 11.6 Å². The Kier molecular flexibility index (Phi) is 7.62. The minimum Gasteiger partial charge on any atom is -0.314 e. The van der Waals surface area contributed by atoms with Gasteiger partial charge in [-0.05, 0) is 40.0 Å². The van der Waals surface area contributed by atoms with Crippen LogP contribution in [0, 0.1) is 0 Å². The average Bonchev–Trinajstić information content (AvgIpc) is 2.40. The van der Waals surface area contributed by atoms with Crippen molar-refractivity contribution in [2.75, 3.05) is 32.9 Å². The van der Waals surface area contributed by atoms with Crippen molar-refractivity contribution in [2.45, 2.75) is 12.5 Å². The van der Waals surface area contributed by atoms with Gasteiger partial charge in [0.1, 0.15) is 0 Å². The van der Waals surface area contributed by atoms with Crippen LogP contribution in [0.25, 0.3) is 0 Å². The van der Waals surface area contributed by atoms with Gasteiger partial charge >= 0.3 is 0 Å². The molecule has 0 aliphatic carbocycles. The molecular formula is C13H18BrCl2FN2. The highest BCUT2D eigenvalue weighted by Crippen LogP contribution is 2.30. The van der Waals surface area contributed by atoms with E-state index >= 15 is 0 Å². The number of alkyl halides is 1. The maximum atomic E-state index is 12.8.